The van der Waals surface area contributed by atoms with Crippen molar-refractivity contribution in [2.75, 3.05) is 6.61 Å². The SMILES string of the molecule is CCOc1ccc(C(O)C2CC(C)CC(C)C2)cc1. The maximum absolute atomic E-state index is 10.6. The first kappa shape index (κ1) is 14.4. The van der Waals surface area contributed by atoms with E-state index < -0.39 is 0 Å². The lowest BCUT2D eigenvalue weighted by atomic mass is 9.73. The fraction of sp³-hybridized carbons (Fsp3) is 0.647. The molecule has 2 nitrogen and oxygen atoms in total. The molecule has 0 bridgehead atoms. The Morgan fingerprint density at radius 1 is 1.11 bits per heavy atom. The van der Waals surface area contributed by atoms with E-state index in [0.717, 1.165) is 36.0 Å². The third-order valence-corrected chi connectivity index (χ3v) is 4.19. The first-order chi connectivity index (χ1) is 9.10. The summed E-state index contributed by atoms with van der Waals surface area (Å²) in [6, 6.07) is 7.91. The molecular weight excluding hydrogens is 236 g/mol. The van der Waals surface area contributed by atoms with Gasteiger partial charge in [-0.1, -0.05) is 26.0 Å². The van der Waals surface area contributed by atoms with Crippen molar-refractivity contribution >= 4 is 0 Å². The number of aliphatic hydroxyl groups excluding tert-OH is 1. The molecule has 0 radical (unpaired) electrons. The number of benzene rings is 1. The number of rotatable bonds is 4. The zero-order chi connectivity index (χ0) is 13.8. The second-order valence-corrected chi connectivity index (χ2v) is 6.12. The molecule has 1 aliphatic rings. The lowest BCUT2D eigenvalue weighted by Crippen LogP contribution is -2.24. The van der Waals surface area contributed by atoms with Crippen molar-refractivity contribution in [2.24, 2.45) is 17.8 Å². The summed E-state index contributed by atoms with van der Waals surface area (Å²) in [4.78, 5) is 0. The van der Waals surface area contributed by atoms with Gasteiger partial charge in [0.25, 0.3) is 0 Å². The van der Waals surface area contributed by atoms with E-state index in [1.54, 1.807) is 0 Å². The summed E-state index contributed by atoms with van der Waals surface area (Å²) in [5.41, 5.74) is 1.02. The standard InChI is InChI=1S/C17H26O2/c1-4-19-16-7-5-14(6-8-16)17(18)15-10-12(2)9-13(3)11-15/h5-8,12-13,15,17-18H,4,9-11H2,1-3H3. The van der Waals surface area contributed by atoms with Gasteiger partial charge in [0.1, 0.15) is 5.75 Å². The molecule has 1 fully saturated rings. The van der Waals surface area contributed by atoms with Gasteiger partial charge in [-0.2, -0.15) is 0 Å². The Morgan fingerprint density at radius 3 is 2.21 bits per heavy atom. The molecule has 1 aromatic carbocycles. The quantitative estimate of drug-likeness (QED) is 0.881. The molecule has 1 aliphatic carbocycles. The van der Waals surface area contributed by atoms with Crippen LogP contribution in [0, 0.1) is 17.8 Å². The van der Waals surface area contributed by atoms with E-state index in [9.17, 15) is 5.11 Å². The molecule has 3 unspecified atom stereocenters. The van der Waals surface area contributed by atoms with Crippen molar-refractivity contribution in [3.63, 3.8) is 0 Å². The Labute approximate surface area is 116 Å². The molecule has 1 aromatic rings. The number of ether oxygens (including phenoxy) is 1. The van der Waals surface area contributed by atoms with Gasteiger partial charge in [-0.15, -0.1) is 0 Å². The summed E-state index contributed by atoms with van der Waals surface area (Å²) in [6.45, 7) is 7.26. The second-order valence-electron chi connectivity index (χ2n) is 6.12. The molecule has 2 rings (SSSR count). The van der Waals surface area contributed by atoms with Gasteiger partial charge in [0.15, 0.2) is 0 Å². The lowest BCUT2D eigenvalue weighted by Gasteiger charge is -2.34. The van der Waals surface area contributed by atoms with Gasteiger partial charge in [-0.25, -0.2) is 0 Å². The summed E-state index contributed by atoms with van der Waals surface area (Å²) < 4.78 is 5.44. The van der Waals surface area contributed by atoms with Crippen molar-refractivity contribution < 1.29 is 9.84 Å². The van der Waals surface area contributed by atoms with Gasteiger partial charge in [-0.3, -0.25) is 0 Å². The van der Waals surface area contributed by atoms with Crippen molar-refractivity contribution in [2.45, 2.75) is 46.1 Å². The largest absolute Gasteiger partial charge is 0.494 e. The van der Waals surface area contributed by atoms with Crippen LogP contribution in [0.1, 0.15) is 51.7 Å². The van der Waals surface area contributed by atoms with Gasteiger partial charge < -0.3 is 9.84 Å². The summed E-state index contributed by atoms with van der Waals surface area (Å²) in [5, 5.41) is 10.6. The molecular formula is C17H26O2. The van der Waals surface area contributed by atoms with Crippen LogP contribution in [0.15, 0.2) is 24.3 Å². The van der Waals surface area contributed by atoms with Crippen LogP contribution in [-0.2, 0) is 0 Å². The minimum Gasteiger partial charge on any atom is -0.494 e. The van der Waals surface area contributed by atoms with Gasteiger partial charge in [0.05, 0.1) is 12.7 Å². The van der Waals surface area contributed by atoms with Gasteiger partial charge >= 0.3 is 0 Å². The highest BCUT2D eigenvalue weighted by Crippen LogP contribution is 2.39. The predicted octanol–water partition coefficient (Wildman–Crippen LogP) is 4.19. The van der Waals surface area contributed by atoms with Crippen molar-refractivity contribution in [1.29, 1.82) is 0 Å². The number of hydrogen-bond acceptors (Lipinski definition) is 2. The summed E-state index contributed by atoms with van der Waals surface area (Å²) >= 11 is 0. The minimum atomic E-state index is -0.333. The molecule has 0 heterocycles. The topological polar surface area (TPSA) is 29.5 Å². The highest BCUT2D eigenvalue weighted by molar-refractivity contribution is 5.28. The maximum atomic E-state index is 10.6. The fourth-order valence-electron chi connectivity index (χ4n) is 3.47. The van der Waals surface area contributed by atoms with E-state index in [2.05, 4.69) is 13.8 Å². The Bertz CT molecular complexity index is 375. The van der Waals surface area contributed by atoms with Crippen LogP contribution in [0.5, 0.6) is 5.75 Å². The van der Waals surface area contributed by atoms with Crippen LogP contribution < -0.4 is 4.74 Å². The predicted molar refractivity (Wildman–Crippen MR) is 78.2 cm³/mol. The number of hydrogen-bond donors (Lipinski definition) is 1. The molecule has 0 spiro atoms. The normalized spacial score (nSPS) is 28.9. The Balaban J connectivity index is 2.03. The molecule has 1 N–H and O–H groups in total. The average molecular weight is 262 g/mol. The summed E-state index contributed by atoms with van der Waals surface area (Å²) in [5.74, 6) is 2.73. The first-order valence-electron chi connectivity index (χ1n) is 7.51. The zero-order valence-corrected chi connectivity index (χ0v) is 12.3. The zero-order valence-electron chi connectivity index (χ0n) is 12.3. The lowest BCUT2D eigenvalue weighted by molar-refractivity contribution is 0.0551. The fourth-order valence-corrected chi connectivity index (χ4v) is 3.47. The van der Waals surface area contributed by atoms with Crippen molar-refractivity contribution in [3.05, 3.63) is 29.8 Å². The van der Waals surface area contributed by atoms with Gasteiger partial charge in [0, 0.05) is 0 Å². The van der Waals surface area contributed by atoms with E-state index in [1.807, 2.05) is 31.2 Å². The molecule has 2 heteroatoms. The van der Waals surface area contributed by atoms with E-state index in [1.165, 1.54) is 6.42 Å². The smallest absolute Gasteiger partial charge is 0.119 e. The molecule has 106 valence electrons. The van der Waals surface area contributed by atoms with Crippen molar-refractivity contribution in [3.8, 4) is 5.75 Å². The molecule has 0 aromatic heterocycles. The van der Waals surface area contributed by atoms with Crippen LogP contribution in [0.2, 0.25) is 0 Å². The highest BCUT2D eigenvalue weighted by Gasteiger charge is 2.29. The maximum Gasteiger partial charge on any atom is 0.119 e. The third-order valence-electron chi connectivity index (χ3n) is 4.19. The van der Waals surface area contributed by atoms with Crippen LogP contribution in [0.4, 0.5) is 0 Å². The Hall–Kier alpha value is -1.02. The van der Waals surface area contributed by atoms with Crippen LogP contribution in [-0.4, -0.2) is 11.7 Å². The molecule has 0 amide bonds. The molecule has 3 atom stereocenters. The molecule has 19 heavy (non-hydrogen) atoms. The molecule has 1 saturated carbocycles. The molecule has 0 saturated heterocycles. The van der Waals surface area contributed by atoms with E-state index in [0.29, 0.717) is 12.5 Å². The Morgan fingerprint density at radius 2 is 1.68 bits per heavy atom. The second kappa shape index (κ2) is 6.42. The monoisotopic (exact) mass is 262 g/mol. The number of aliphatic hydroxyl groups is 1. The van der Waals surface area contributed by atoms with E-state index in [4.69, 9.17) is 4.74 Å². The highest BCUT2D eigenvalue weighted by atomic mass is 16.5. The van der Waals surface area contributed by atoms with Crippen LogP contribution in [0.3, 0.4) is 0 Å². The van der Waals surface area contributed by atoms with Gasteiger partial charge in [0.2, 0.25) is 0 Å². The Kier molecular flexibility index (Phi) is 4.87. The van der Waals surface area contributed by atoms with Crippen molar-refractivity contribution in [1.82, 2.24) is 0 Å². The first-order valence-corrected chi connectivity index (χ1v) is 7.51. The summed E-state index contributed by atoms with van der Waals surface area (Å²) in [6.07, 6.45) is 3.24. The van der Waals surface area contributed by atoms with E-state index in [-0.39, 0.29) is 6.10 Å². The molecule has 0 aliphatic heterocycles. The average Bonchev–Trinajstić information content (AvgIpc) is 2.38. The summed E-state index contributed by atoms with van der Waals surface area (Å²) in [7, 11) is 0. The third kappa shape index (κ3) is 3.73. The van der Waals surface area contributed by atoms with Crippen LogP contribution in [0.25, 0.3) is 0 Å². The minimum absolute atomic E-state index is 0.333. The van der Waals surface area contributed by atoms with Crippen LogP contribution >= 0.6 is 0 Å². The van der Waals surface area contributed by atoms with Gasteiger partial charge in [-0.05, 0) is 61.6 Å². The van der Waals surface area contributed by atoms with E-state index >= 15 is 0 Å².